The largest absolute Gasteiger partial charge is 0.417 e. The highest BCUT2D eigenvalue weighted by molar-refractivity contribution is 6.32. The van der Waals surface area contributed by atoms with Gasteiger partial charge in [-0.05, 0) is 30.4 Å². The van der Waals surface area contributed by atoms with Crippen molar-refractivity contribution in [2.75, 3.05) is 11.9 Å². The lowest BCUT2D eigenvalue weighted by Gasteiger charge is -2.24. The topological polar surface area (TPSA) is 59.8 Å². The Hall–Kier alpha value is -2.09. The fourth-order valence-corrected chi connectivity index (χ4v) is 3.31. The fourth-order valence-electron chi connectivity index (χ4n) is 3.11. The highest BCUT2D eigenvalue weighted by Gasteiger charge is 2.31. The van der Waals surface area contributed by atoms with Gasteiger partial charge in [0.05, 0.1) is 17.4 Å². The molecule has 2 heterocycles. The predicted octanol–water partition coefficient (Wildman–Crippen LogP) is 4.29. The molecule has 0 spiro atoms. The van der Waals surface area contributed by atoms with E-state index in [0.29, 0.717) is 18.4 Å². The maximum atomic E-state index is 12.6. The first-order valence-electron chi connectivity index (χ1n) is 8.25. The van der Waals surface area contributed by atoms with E-state index in [0.717, 1.165) is 29.7 Å². The van der Waals surface area contributed by atoms with Crippen LogP contribution < -0.4 is 10.9 Å². The molecule has 26 heavy (non-hydrogen) atoms. The number of halogens is 4. The van der Waals surface area contributed by atoms with Gasteiger partial charge in [-0.1, -0.05) is 31.4 Å². The molecule has 0 unspecified atom stereocenters. The third-order valence-corrected chi connectivity index (χ3v) is 5.09. The molecule has 0 radical (unpaired) electrons. The second-order valence-corrected chi connectivity index (χ2v) is 7.24. The van der Waals surface area contributed by atoms with E-state index in [4.69, 9.17) is 11.6 Å². The Morgan fingerprint density at radius 1 is 1.27 bits per heavy atom. The van der Waals surface area contributed by atoms with Crippen LogP contribution in [-0.2, 0) is 6.18 Å². The molecule has 1 aliphatic rings. The monoisotopic (exact) mass is 386 g/mol. The van der Waals surface area contributed by atoms with Crippen molar-refractivity contribution >= 4 is 17.3 Å². The normalized spacial score (nSPS) is 16.7. The summed E-state index contributed by atoms with van der Waals surface area (Å²) in [5, 5.41) is 7.08. The van der Waals surface area contributed by atoms with Crippen LogP contribution in [0.4, 0.5) is 18.9 Å². The molecule has 140 valence electrons. The summed E-state index contributed by atoms with van der Waals surface area (Å²) in [5.41, 5.74) is -0.968. The summed E-state index contributed by atoms with van der Waals surface area (Å²) in [7, 11) is 0. The molecule has 2 aromatic rings. The molecule has 1 N–H and O–H groups in total. The smallest absolute Gasteiger partial charge is 0.382 e. The van der Waals surface area contributed by atoms with Gasteiger partial charge in [0.1, 0.15) is 5.02 Å². The lowest BCUT2D eigenvalue weighted by Crippen LogP contribution is -2.27. The van der Waals surface area contributed by atoms with Crippen molar-refractivity contribution in [3.05, 3.63) is 45.5 Å². The van der Waals surface area contributed by atoms with Crippen molar-refractivity contribution in [2.45, 2.75) is 38.8 Å². The van der Waals surface area contributed by atoms with E-state index in [-0.39, 0.29) is 16.3 Å². The molecule has 2 aromatic heterocycles. The molecule has 1 aliphatic carbocycles. The van der Waals surface area contributed by atoms with Crippen LogP contribution in [0, 0.1) is 5.41 Å². The van der Waals surface area contributed by atoms with Crippen LogP contribution in [0.3, 0.4) is 0 Å². The fraction of sp³-hybridized carbons (Fsp3) is 0.471. The van der Waals surface area contributed by atoms with Gasteiger partial charge < -0.3 is 5.32 Å². The number of nitrogens with zero attached hydrogens (tertiary/aromatic N) is 3. The molecular formula is C17H18ClF3N4O. The van der Waals surface area contributed by atoms with Crippen LogP contribution in [0.5, 0.6) is 0 Å². The van der Waals surface area contributed by atoms with Crippen molar-refractivity contribution in [3.63, 3.8) is 0 Å². The van der Waals surface area contributed by atoms with E-state index in [1.54, 1.807) is 0 Å². The van der Waals surface area contributed by atoms with Crippen molar-refractivity contribution in [1.29, 1.82) is 0 Å². The maximum Gasteiger partial charge on any atom is 0.417 e. The first kappa shape index (κ1) is 18.7. The quantitative estimate of drug-likeness (QED) is 0.851. The zero-order valence-corrected chi connectivity index (χ0v) is 14.9. The lowest BCUT2D eigenvalue weighted by molar-refractivity contribution is -0.137. The highest BCUT2D eigenvalue weighted by atomic mass is 35.5. The molecule has 1 saturated carbocycles. The summed E-state index contributed by atoms with van der Waals surface area (Å²) in [6, 6.07) is 1.93. The third-order valence-electron chi connectivity index (χ3n) is 4.73. The second kappa shape index (κ2) is 6.90. The summed E-state index contributed by atoms with van der Waals surface area (Å²) < 4.78 is 38.7. The zero-order chi connectivity index (χ0) is 18.9. The van der Waals surface area contributed by atoms with E-state index in [1.807, 2.05) is 0 Å². The minimum atomic E-state index is -4.49. The second-order valence-electron chi connectivity index (χ2n) is 6.86. The number of anilines is 1. The van der Waals surface area contributed by atoms with Gasteiger partial charge in [0, 0.05) is 12.7 Å². The van der Waals surface area contributed by atoms with Crippen LogP contribution in [0.15, 0.2) is 29.3 Å². The number of pyridine rings is 1. The van der Waals surface area contributed by atoms with Gasteiger partial charge in [-0.15, -0.1) is 0 Å². The van der Waals surface area contributed by atoms with Gasteiger partial charge in [-0.3, -0.25) is 4.79 Å². The number of nitrogens with one attached hydrogen (secondary N) is 1. The highest BCUT2D eigenvalue weighted by Crippen LogP contribution is 2.37. The molecule has 9 heteroatoms. The van der Waals surface area contributed by atoms with Gasteiger partial charge in [-0.25, -0.2) is 4.98 Å². The third kappa shape index (κ3) is 3.85. The van der Waals surface area contributed by atoms with Crippen LogP contribution in [0.25, 0.3) is 5.82 Å². The van der Waals surface area contributed by atoms with Crippen LogP contribution in [-0.4, -0.2) is 21.3 Å². The number of hydrogen-bond acceptors (Lipinski definition) is 4. The van der Waals surface area contributed by atoms with E-state index in [1.165, 1.54) is 19.0 Å². The standard InChI is InChI=1S/C17H18ClF3N4O/c1-16(6-2-3-7-16)10-23-12-9-24-25(15(26)14(12)18)13-5-4-11(8-22-13)17(19,20)21/h4-5,8-9,23H,2-3,6-7,10H2,1H3. The Kier molecular flexibility index (Phi) is 4.96. The van der Waals surface area contributed by atoms with E-state index in [2.05, 4.69) is 22.3 Å². The summed E-state index contributed by atoms with van der Waals surface area (Å²) in [4.78, 5) is 16.1. The van der Waals surface area contributed by atoms with Gasteiger partial charge in [0.2, 0.25) is 0 Å². The first-order chi connectivity index (χ1) is 12.2. The Bertz CT molecular complexity index is 843. The van der Waals surface area contributed by atoms with E-state index < -0.39 is 17.3 Å². The summed E-state index contributed by atoms with van der Waals surface area (Å²) in [6.07, 6.45) is 2.14. The molecule has 0 aliphatic heterocycles. The van der Waals surface area contributed by atoms with E-state index >= 15 is 0 Å². The molecule has 3 rings (SSSR count). The molecule has 0 atom stereocenters. The average molecular weight is 387 g/mol. The SMILES string of the molecule is CC1(CNc2cnn(-c3ccc(C(F)(F)F)cn3)c(=O)c2Cl)CCCC1. The minimum absolute atomic E-state index is 0.0285. The Labute approximate surface area is 153 Å². The van der Waals surface area contributed by atoms with Crippen LogP contribution >= 0.6 is 11.6 Å². The zero-order valence-electron chi connectivity index (χ0n) is 14.1. The molecule has 5 nitrogen and oxygen atoms in total. The van der Waals surface area contributed by atoms with Gasteiger partial charge in [-0.2, -0.15) is 23.0 Å². The number of alkyl halides is 3. The van der Waals surface area contributed by atoms with Crippen molar-refractivity contribution in [2.24, 2.45) is 5.41 Å². The Balaban J connectivity index is 1.82. The van der Waals surface area contributed by atoms with Crippen molar-refractivity contribution in [3.8, 4) is 5.82 Å². The molecular weight excluding hydrogens is 369 g/mol. The minimum Gasteiger partial charge on any atom is -0.382 e. The van der Waals surface area contributed by atoms with Crippen molar-refractivity contribution in [1.82, 2.24) is 14.8 Å². The molecule has 0 saturated heterocycles. The van der Waals surface area contributed by atoms with Gasteiger partial charge in [0.25, 0.3) is 5.56 Å². The Morgan fingerprint density at radius 3 is 2.54 bits per heavy atom. The number of rotatable bonds is 4. The predicted molar refractivity (Wildman–Crippen MR) is 92.7 cm³/mol. The lowest BCUT2D eigenvalue weighted by atomic mass is 9.89. The van der Waals surface area contributed by atoms with Gasteiger partial charge in [0.15, 0.2) is 5.82 Å². The Morgan fingerprint density at radius 2 is 1.96 bits per heavy atom. The van der Waals surface area contributed by atoms with Crippen LogP contribution in [0.2, 0.25) is 5.02 Å². The molecule has 1 fully saturated rings. The molecule has 0 aromatic carbocycles. The molecule has 0 amide bonds. The number of aromatic nitrogens is 3. The maximum absolute atomic E-state index is 12.6. The number of hydrogen-bond donors (Lipinski definition) is 1. The summed E-state index contributed by atoms with van der Waals surface area (Å²) in [5.74, 6) is -0.0285. The average Bonchev–Trinajstić information content (AvgIpc) is 3.03. The molecule has 0 bridgehead atoms. The summed E-state index contributed by atoms with van der Waals surface area (Å²) >= 11 is 6.14. The van der Waals surface area contributed by atoms with Crippen molar-refractivity contribution < 1.29 is 13.2 Å². The summed E-state index contributed by atoms with van der Waals surface area (Å²) in [6.45, 7) is 2.86. The van der Waals surface area contributed by atoms with Gasteiger partial charge >= 0.3 is 6.18 Å². The van der Waals surface area contributed by atoms with E-state index in [9.17, 15) is 18.0 Å². The first-order valence-corrected chi connectivity index (χ1v) is 8.63. The van der Waals surface area contributed by atoms with Crippen LogP contribution in [0.1, 0.15) is 38.2 Å².